The van der Waals surface area contributed by atoms with Crippen molar-refractivity contribution in [2.75, 3.05) is 18.0 Å². The van der Waals surface area contributed by atoms with Gasteiger partial charge >= 0.3 is 0 Å². The molecule has 1 aromatic heterocycles. The first-order valence-corrected chi connectivity index (χ1v) is 9.66. The van der Waals surface area contributed by atoms with Crippen molar-refractivity contribution in [3.63, 3.8) is 0 Å². The quantitative estimate of drug-likeness (QED) is 0.899. The third-order valence-electron chi connectivity index (χ3n) is 5.83. The van der Waals surface area contributed by atoms with Crippen LogP contribution in [0.25, 0.3) is 11.3 Å². The van der Waals surface area contributed by atoms with E-state index < -0.39 is 5.60 Å². The number of hydrogen-bond acceptors (Lipinski definition) is 4. The van der Waals surface area contributed by atoms with Gasteiger partial charge in [-0.15, -0.1) is 11.3 Å². The van der Waals surface area contributed by atoms with Crippen molar-refractivity contribution in [1.29, 1.82) is 0 Å². The first-order chi connectivity index (χ1) is 11.6. The number of halogens is 1. The maximum absolute atomic E-state index is 13.1. The minimum absolute atomic E-state index is 0.225. The molecule has 1 aliphatic carbocycles. The van der Waals surface area contributed by atoms with Gasteiger partial charge in [0.2, 0.25) is 0 Å². The predicted molar refractivity (Wildman–Crippen MR) is 95.8 cm³/mol. The average molecular weight is 346 g/mol. The lowest BCUT2D eigenvalue weighted by Gasteiger charge is -2.40. The highest BCUT2D eigenvalue weighted by Crippen LogP contribution is 2.45. The van der Waals surface area contributed by atoms with E-state index in [4.69, 9.17) is 4.98 Å². The second-order valence-corrected chi connectivity index (χ2v) is 7.98. The van der Waals surface area contributed by atoms with Gasteiger partial charge in [-0.2, -0.15) is 0 Å². The van der Waals surface area contributed by atoms with Gasteiger partial charge in [-0.1, -0.05) is 13.3 Å². The van der Waals surface area contributed by atoms with Gasteiger partial charge in [0, 0.05) is 30.0 Å². The predicted octanol–water partition coefficient (Wildman–Crippen LogP) is 4.33. The number of benzene rings is 1. The van der Waals surface area contributed by atoms with Gasteiger partial charge in [-0.05, 0) is 49.4 Å². The summed E-state index contributed by atoms with van der Waals surface area (Å²) >= 11 is 1.64. The van der Waals surface area contributed by atoms with Crippen LogP contribution in [0.4, 0.5) is 9.52 Å². The van der Waals surface area contributed by atoms with Crippen LogP contribution in [0.1, 0.15) is 32.6 Å². The Balaban J connectivity index is 1.54. The second-order valence-electron chi connectivity index (χ2n) is 7.14. The molecule has 2 aromatic rings. The van der Waals surface area contributed by atoms with Crippen molar-refractivity contribution in [1.82, 2.24) is 4.98 Å². The highest BCUT2D eigenvalue weighted by Gasteiger charge is 2.48. The largest absolute Gasteiger partial charge is 0.390 e. The van der Waals surface area contributed by atoms with E-state index in [1.165, 1.54) is 18.6 Å². The number of aliphatic hydroxyl groups is 1. The van der Waals surface area contributed by atoms with Crippen LogP contribution in [0, 0.1) is 17.7 Å². The number of thiazole rings is 1. The highest BCUT2D eigenvalue weighted by molar-refractivity contribution is 7.14. The van der Waals surface area contributed by atoms with Gasteiger partial charge in [-0.25, -0.2) is 9.37 Å². The summed E-state index contributed by atoms with van der Waals surface area (Å²) in [7, 11) is 0. The zero-order valence-electron chi connectivity index (χ0n) is 13.9. The monoisotopic (exact) mass is 346 g/mol. The summed E-state index contributed by atoms with van der Waals surface area (Å²) in [6, 6.07) is 6.49. The van der Waals surface area contributed by atoms with Gasteiger partial charge in [0.25, 0.3) is 0 Å². The zero-order chi connectivity index (χ0) is 16.7. The van der Waals surface area contributed by atoms with Gasteiger partial charge in [0.05, 0.1) is 11.3 Å². The van der Waals surface area contributed by atoms with Gasteiger partial charge in [-0.3, -0.25) is 0 Å². The van der Waals surface area contributed by atoms with E-state index in [9.17, 15) is 9.50 Å². The van der Waals surface area contributed by atoms with Crippen molar-refractivity contribution >= 4 is 16.5 Å². The van der Waals surface area contributed by atoms with Crippen molar-refractivity contribution < 1.29 is 9.50 Å². The molecule has 0 unspecified atom stereocenters. The Hall–Kier alpha value is -1.46. The molecule has 24 heavy (non-hydrogen) atoms. The van der Waals surface area contributed by atoms with Crippen molar-refractivity contribution in [3.05, 3.63) is 35.5 Å². The van der Waals surface area contributed by atoms with E-state index in [0.29, 0.717) is 11.8 Å². The molecule has 0 amide bonds. The molecule has 2 fully saturated rings. The van der Waals surface area contributed by atoms with Crippen LogP contribution in [-0.2, 0) is 0 Å². The van der Waals surface area contributed by atoms with Crippen LogP contribution < -0.4 is 4.90 Å². The number of fused-ring (bicyclic) bond motifs is 1. The smallest absolute Gasteiger partial charge is 0.185 e. The summed E-state index contributed by atoms with van der Waals surface area (Å²) < 4.78 is 13.1. The highest BCUT2D eigenvalue weighted by atomic mass is 32.1. The first kappa shape index (κ1) is 16.0. The van der Waals surface area contributed by atoms with Crippen molar-refractivity contribution in [3.8, 4) is 11.3 Å². The summed E-state index contributed by atoms with van der Waals surface area (Å²) in [6.45, 7) is 3.98. The molecule has 3 atom stereocenters. The molecule has 4 rings (SSSR count). The Morgan fingerprint density at radius 3 is 2.88 bits per heavy atom. The molecule has 1 aromatic carbocycles. The van der Waals surface area contributed by atoms with Crippen LogP contribution in [-0.4, -0.2) is 28.8 Å². The zero-order valence-corrected chi connectivity index (χ0v) is 14.7. The van der Waals surface area contributed by atoms with Crippen LogP contribution in [0.5, 0.6) is 0 Å². The van der Waals surface area contributed by atoms with Gasteiger partial charge in [0.15, 0.2) is 5.13 Å². The normalized spacial score (nSPS) is 29.7. The van der Waals surface area contributed by atoms with Crippen molar-refractivity contribution in [2.24, 2.45) is 11.8 Å². The third-order valence-corrected chi connectivity index (χ3v) is 6.73. The molecule has 0 radical (unpaired) electrons. The van der Waals surface area contributed by atoms with Crippen LogP contribution >= 0.6 is 11.3 Å². The minimum atomic E-state index is -0.505. The fourth-order valence-corrected chi connectivity index (χ4v) is 5.24. The summed E-state index contributed by atoms with van der Waals surface area (Å²) in [5, 5.41) is 14.0. The molecule has 3 nitrogen and oxygen atoms in total. The van der Waals surface area contributed by atoms with E-state index in [1.54, 1.807) is 23.5 Å². The average Bonchev–Trinajstić information content (AvgIpc) is 3.23. The summed E-state index contributed by atoms with van der Waals surface area (Å²) in [6.07, 6.45) is 4.09. The van der Waals surface area contributed by atoms with Gasteiger partial charge < -0.3 is 10.0 Å². The Morgan fingerprint density at radius 2 is 2.12 bits per heavy atom. The van der Waals surface area contributed by atoms with E-state index in [2.05, 4.69) is 11.8 Å². The summed E-state index contributed by atoms with van der Waals surface area (Å²) in [5.41, 5.74) is 1.34. The Morgan fingerprint density at radius 1 is 1.33 bits per heavy atom. The van der Waals surface area contributed by atoms with Crippen LogP contribution in [0.2, 0.25) is 0 Å². The maximum atomic E-state index is 13.1. The Labute approximate surface area is 146 Å². The van der Waals surface area contributed by atoms with E-state index in [-0.39, 0.29) is 5.82 Å². The SMILES string of the molecule is CC[C@]1(O)CCC[C@H]2CN(c3nc(-c4ccc(F)cc4)cs3)C[C@H]21. The van der Waals surface area contributed by atoms with Crippen molar-refractivity contribution in [2.45, 2.75) is 38.2 Å². The molecule has 0 bridgehead atoms. The number of hydrogen-bond donors (Lipinski definition) is 1. The molecule has 2 aliphatic rings. The summed E-state index contributed by atoms with van der Waals surface area (Å²) in [4.78, 5) is 7.10. The molecule has 0 spiro atoms. The molecular weight excluding hydrogens is 323 g/mol. The maximum Gasteiger partial charge on any atom is 0.185 e. The second kappa shape index (κ2) is 6.12. The molecule has 1 N–H and O–H groups in total. The van der Waals surface area contributed by atoms with Gasteiger partial charge in [0.1, 0.15) is 5.82 Å². The molecule has 1 saturated carbocycles. The fourth-order valence-electron chi connectivity index (χ4n) is 4.39. The van der Waals surface area contributed by atoms with E-state index in [0.717, 1.165) is 48.7 Å². The lowest BCUT2D eigenvalue weighted by Crippen LogP contribution is -2.44. The first-order valence-electron chi connectivity index (χ1n) is 8.78. The number of rotatable bonds is 3. The van der Waals surface area contributed by atoms with Crippen LogP contribution in [0.3, 0.4) is 0 Å². The minimum Gasteiger partial charge on any atom is -0.390 e. The standard InChI is InChI=1S/C19H23FN2OS/c1-2-19(23)9-3-4-14-10-22(11-16(14)19)18-21-17(12-24-18)13-5-7-15(20)8-6-13/h5-8,12,14,16,23H,2-4,9-11H2,1H3/t14-,16+,19-/m0/s1. The third kappa shape index (κ3) is 2.74. The topological polar surface area (TPSA) is 36.4 Å². The lowest BCUT2D eigenvalue weighted by atomic mass is 9.69. The number of nitrogens with zero attached hydrogens (tertiary/aromatic N) is 2. The summed E-state index contributed by atoms with van der Waals surface area (Å²) in [5.74, 6) is 0.702. The molecule has 1 saturated heterocycles. The molecular formula is C19H23FN2OS. The number of anilines is 1. The molecule has 5 heteroatoms. The molecule has 1 aliphatic heterocycles. The van der Waals surface area contributed by atoms with Crippen LogP contribution in [0.15, 0.2) is 29.6 Å². The Bertz CT molecular complexity index is 716. The van der Waals surface area contributed by atoms with E-state index >= 15 is 0 Å². The molecule has 2 heterocycles. The lowest BCUT2D eigenvalue weighted by molar-refractivity contribution is -0.0597. The van der Waals surface area contributed by atoms with E-state index in [1.807, 2.05) is 5.38 Å². The Kier molecular flexibility index (Phi) is 4.09. The molecule has 128 valence electrons. The fraction of sp³-hybridized carbons (Fsp3) is 0.526. The number of aromatic nitrogens is 1.